The van der Waals surface area contributed by atoms with Crippen molar-refractivity contribution >= 4 is 40.3 Å². The topological polar surface area (TPSA) is 82.2 Å². The number of rotatable bonds is 5. The zero-order valence-electron chi connectivity index (χ0n) is 11.3. The number of hydrogen-bond acceptors (Lipinski definition) is 5. The molecule has 0 fully saturated rings. The van der Waals surface area contributed by atoms with Gasteiger partial charge in [0, 0.05) is 12.8 Å². The first-order valence-corrected chi connectivity index (χ1v) is 6.85. The van der Waals surface area contributed by atoms with Crippen molar-refractivity contribution in [2.24, 2.45) is 0 Å². The summed E-state index contributed by atoms with van der Waals surface area (Å²) in [7, 11) is 1.55. The van der Waals surface area contributed by atoms with Gasteiger partial charge in [0.05, 0.1) is 35.7 Å². The van der Waals surface area contributed by atoms with Crippen molar-refractivity contribution in [3.63, 3.8) is 0 Å². The van der Waals surface area contributed by atoms with Gasteiger partial charge < -0.3 is 15.8 Å². The fraction of sp³-hybridized carbons (Fsp3) is 0.231. The molecule has 0 aliphatic heterocycles. The first-order valence-electron chi connectivity index (χ1n) is 6.09. The molecule has 0 radical (unpaired) electrons. The van der Waals surface area contributed by atoms with E-state index in [1.54, 1.807) is 25.3 Å². The van der Waals surface area contributed by atoms with Crippen molar-refractivity contribution in [3.8, 4) is 0 Å². The predicted octanol–water partition coefficient (Wildman–Crippen LogP) is 2.52. The number of aromatic nitrogens is 2. The number of nitrogens with two attached hydrogens (primary N) is 1. The standard InChI is InChI=1S/C13H14Cl2N4O2/c1-21-5-4-19-13(20)12(15)11(7-17-19)18-10-6-8(16)2-3-9(10)14/h2-3,6-7,18H,4-5,16H2,1H3. The number of nitrogen functional groups attached to an aromatic ring is 1. The van der Waals surface area contributed by atoms with Crippen LogP contribution in [0.5, 0.6) is 0 Å². The zero-order chi connectivity index (χ0) is 15.4. The lowest BCUT2D eigenvalue weighted by atomic mass is 10.2. The van der Waals surface area contributed by atoms with E-state index in [0.717, 1.165) is 0 Å². The molecule has 0 bridgehead atoms. The van der Waals surface area contributed by atoms with Gasteiger partial charge in [-0.3, -0.25) is 4.79 Å². The summed E-state index contributed by atoms with van der Waals surface area (Å²) in [5.74, 6) is 0. The Balaban J connectivity index is 2.31. The fourth-order valence-corrected chi connectivity index (χ4v) is 2.03. The van der Waals surface area contributed by atoms with Crippen LogP contribution < -0.4 is 16.6 Å². The Morgan fingerprint density at radius 3 is 2.86 bits per heavy atom. The Morgan fingerprint density at radius 2 is 2.14 bits per heavy atom. The molecule has 0 saturated carbocycles. The van der Waals surface area contributed by atoms with Crippen LogP contribution >= 0.6 is 23.2 Å². The minimum absolute atomic E-state index is 0.0274. The number of methoxy groups -OCH3 is 1. The highest BCUT2D eigenvalue weighted by atomic mass is 35.5. The van der Waals surface area contributed by atoms with Crippen molar-refractivity contribution in [3.05, 3.63) is 44.8 Å². The monoisotopic (exact) mass is 328 g/mol. The molecular formula is C13H14Cl2N4O2. The lowest BCUT2D eigenvalue weighted by molar-refractivity contribution is 0.182. The summed E-state index contributed by atoms with van der Waals surface area (Å²) >= 11 is 12.1. The van der Waals surface area contributed by atoms with Crippen molar-refractivity contribution in [2.45, 2.75) is 6.54 Å². The maximum absolute atomic E-state index is 12.1. The normalized spacial score (nSPS) is 10.6. The summed E-state index contributed by atoms with van der Waals surface area (Å²) < 4.78 is 6.14. The van der Waals surface area contributed by atoms with Crippen molar-refractivity contribution in [2.75, 3.05) is 24.8 Å². The zero-order valence-corrected chi connectivity index (χ0v) is 12.8. The Bertz CT molecular complexity index is 703. The maximum atomic E-state index is 12.1. The van der Waals surface area contributed by atoms with Crippen LogP contribution in [-0.4, -0.2) is 23.5 Å². The summed E-state index contributed by atoms with van der Waals surface area (Å²) in [5.41, 5.74) is 6.75. The van der Waals surface area contributed by atoms with E-state index in [-0.39, 0.29) is 5.02 Å². The predicted molar refractivity (Wildman–Crippen MR) is 84.5 cm³/mol. The second-order valence-electron chi connectivity index (χ2n) is 4.26. The number of ether oxygens (including phenoxy) is 1. The van der Waals surface area contributed by atoms with E-state index >= 15 is 0 Å². The van der Waals surface area contributed by atoms with Crippen LogP contribution in [0.3, 0.4) is 0 Å². The highest BCUT2D eigenvalue weighted by Gasteiger charge is 2.11. The van der Waals surface area contributed by atoms with Gasteiger partial charge in [-0.05, 0) is 18.2 Å². The summed E-state index contributed by atoms with van der Waals surface area (Å²) in [6.45, 7) is 0.700. The highest BCUT2D eigenvalue weighted by Crippen LogP contribution is 2.29. The van der Waals surface area contributed by atoms with Gasteiger partial charge in [-0.15, -0.1) is 0 Å². The molecular weight excluding hydrogens is 315 g/mol. The summed E-state index contributed by atoms with van der Waals surface area (Å²) in [6, 6.07) is 4.98. The second kappa shape index (κ2) is 6.80. The minimum Gasteiger partial charge on any atom is -0.399 e. The molecule has 0 atom stereocenters. The Hall–Kier alpha value is -1.76. The number of benzene rings is 1. The second-order valence-corrected chi connectivity index (χ2v) is 5.04. The van der Waals surface area contributed by atoms with Crippen LogP contribution in [0.15, 0.2) is 29.2 Å². The molecule has 0 aliphatic rings. The average molecular weight is 329 g/mol. The number of nitrogens with one attached hydrogen (secondary N) is 1. The van der Waals surface area contributed by atoms with Crippen molar-refractivity contribution in [1.82, 2.24) is 9.78 Å². The van der Waals surface area contributed by atoms with E-state index < -0.39 is 5.56 Å². The molecule has 21 heavy (non-hydrogen) atoms. The smallest absolute Gasteiger partial charge is 0.287 e. The average Bonchev–Trinajstić information content (AvgIpc) is 2.47. The molecule has 112 valence electrons. The molecule has 8 heteroatoms. The van der Waals surface area contributed by atoms with Gasteiger partial charge in [0.2, 0.25) is 0 Å². The molecule has 0 aliphatic carbocycles. The molecule has 3 N–H and O–H groups in total. The van der Waals surface area contributed by atoms with Crippen LogP contribution in [0.4, 0.5) is 17.1 Å². The van der Waals surface area contributed by atoms with Gasteiger partial charge >= 0.3 is 0 Å². The third-order valence-electron chi connectivity index (χ3n) is 2.75. The quantitative estimate of drug-likeness (QED) is 0.824. The number of halogens is 2. The van der Waals surface area contributed by atoms with E-state index in [4.69, 9.17) is 33.7 Å². The molecule has 1 aromatic carbocycles. The summed E-state index contributed by atoms with van der Waals surface area (Å²) in [6.07, 6.45) is 1.46. The summed E-state index contributed by atoms with van der Waals surface area (Å²) in [4.78, 5) is 12.1. The van der Waals surface area contributed by atoms with E-state index in [1.807, 2.05) is 0 Å². The third-order valence-corrected chi connectivity index (χ3v) is 3.45. The van der Waals surface area contributed by atoms with Gasteiger partial charge in [0.15, 0.2) is 0 Å². The van der Waals surface area contributed by atoms with Gasteiger partial charge in [0.25, 0.3) is 5.56 Å². The van der Waals surface area contributed by atoms with E-state index in [2.05, 4.69) is 10.4 Å². The van der Waals surface area contributed by atoms with E-state index in [0.29, 0.717) is 35.2 Å². The van der Waals surface area contributed by atoms with E-state index in [1.165, 1.54) is 10.9 Å². The Morgan fingerprint density at radius 1 is 1.38 bits per heavy atom. The van der Waals surface area contributed by atoms with Crippen LogP contribution in [0.1, 0.15) is 0 Å². The van der Waals surface area contributed by atoms with Crippen LogP contribution in [0.25, 0.3) is 0 Å². The first kappa shape index (κ1) is 15.6. The van der Waals surface area contributed by atoms with Crippen LogP contribution in [0, 0.1) is 0 Å². The molecule has 0 saturated heterocycles. The number of anilines is 3. The molecule has 0 spiro atoms. The van der Waals surface area contributed by atoms with Gasteiger partial charge in [-0.25, -0.2) is 4.68 Å². The molecule has 0 unspecified atom stereocenters. The molecule has 2 rings (SSSR count). The first-order chi connectivity index (χ1) is 10.0. The SMILES string of the molecule is COCCn1ncc(Nc2cc(N)ccc2Cl)c(Cl)c1=O. The summed E-state index contributed by atoms with van der Waals surface area (Å²) in [5, 5.41) is 7.47. The van der Waals surface area contributed by atoms with E-state index in [9.17, 15) is 4.79 Å². The lowest BCUT2D eigenvalue weighted by Crippen LogP contribution is -2.25. The Kier molecular flexibility index (Phi) is 5.06. The van der Waals surface area contributed by atoms with Crippen LogP contribution in [0.2, 0.25) is 10.0 Å². The highest BCUT2D eigenvalue weighted by molar-refractivity contribution is 6.34. The largest absolute Gasteiger partial charge is 0.399 e. The maximum Gasteiger partial charge on any atom is 0.287 e. The van der Waals surface area contributed by atoms with Gasteiger partial charge in [-0.1, -0.05) is 23.2 Å². The van der Waals surface area contributed by atoms with Gasteiger partial charge in [-0.2, -0.15) is 5.10 Å². The molecule has 0 amide bonds. The molecule has 1 heterocycles. The van der Waals surface area contributed by atoms with Crippen molar-refractivity contribution in [1.29, 1.82) is 0 Å². The molecule has 6 nitrogen and oxygen atoms in total. The van der Waals surface area contributed by atoms with Crippen molar-refractivity contribution < 1.29 is 4.74 Å². The number of nitrogens with zero attached hydrogens (tertiary/aromatic N) is 2. The third kappa shape index (κ3) is 3.66. The molecule has 2 aromatic rings. The van der Waals surface area contributed by atoms with Gasteiger partial charge in [0.1, 0.15) is 5.02 Å². The lowest BCUT2D eigenvalue weighted by Gasteiger charge is -2.11. The Labute approximate surface area is 131 Å². The fourth-order valence-electron chi connectivity index (χ4n) is 1.67. The number of hydrogen-bond donors (Lipinski definition) is 2. The molecule has 1 aromatic heterocycles. The van der Waals surface area contributed by atoms with Crippen LogP contribution in [-0.2, 0) is 11.3 Å². The minimum atomic E-state index is -0.404.